The van der Waals surface area contributed by atoms with Gasteiger partial charge in [0, 0.05) is 62.4 Å². The highest BCUT2D eigenvalue weighted by atomic mass is 16.4. The molecule has 1 amide bonds. The molecule has 6 heteroatoms. The molecule has 27 heavy (non-hydrogen) atoms. The Hall–Kier alpha value is -1.95. The maximum atomic E-state index is 12.8. The molecule has 1 saturated carbocycles. The largest absolute Gasteiger partial charge is 0.481 e. The number of nitrogens with zero attached hydrogens (tertiary/aromatic N) is 3. The number of aromatic nitrogens is 1. The number of aryl methyl sites for hydroxylation is 1. The van der Waals surface area contributed by atoms with Gasteiger partial charge in [-0.2, -0.15) is 0 Å². The topological polar surface area (TPSA) is 73.7 Å². The fourth-order valence-corrected chi connectivity index (χ4v) is 5.25. The van der Waals surface area contributed by atoms with Gasteiger partial charge >= 0.3 is 5.97 Å². The zero-order chi connectivity index (χ0) is 19.0. The number of hydrogen-bond acceptors (Lipinski definition) is 4. The van der Waals surface area contributed by atoms with Crippen LogP contribution in [0.2, 0.25) is 0 Å². The lowest BCUT2D eigenvalue weighted by Gasteiger charge is -2.26. The molecule has 0 aromatic carbocycles. The minimum absolute atomic E-state index is 0.0332. The number of hydrogen-bond donors (Lipinski definition) is 1. The number of aliphatic carboxylic acids is 1. The molecular weight excluding hydrogens is 342 g/mol. The Morgan fingerprint density at radius 2 is 2.00 bits per heavy atom. The van der Waals surface area contributed by atoms with Gasteiger partial charge in [-0.05, 0) is 31.9 Å². The molecule has 1 N–H and O–H groups in total. The van der Waals surface area contributed by atoms with Crippen molar-refractivity contribution in [3.8, 4) is 0 Å². The summed E-state index contributed by atoms with van der Waals surface area (Å²) >= 11 is 0. The van der Waals surface area contributed by atoms with Crippen molar-refractivity contribution in [2.45, 2.75) is 39.0 Å². The Labute approximate surface area is 160 Å². The third kappa shape index (κ3) is 3.47. The molecule has 0 spiro atoms. The molecule has 1 aliphatic carbocycles. The van der Waals surface area contributed by atoms with Crippen LogP contribution in [0.3, 0.4) is 0 Å². The lowest BCUT2D eigenvalue weighted by atomic mass is 9.81. The lowest BCUT2D eigenvalue weighted by molar-refractivity contribution is -0.149. The van der Waals surface area contributed by atoms with E-state index in [9.17, 15) is 14.7 Å². The second-order valence-electron chi connectivity index (χ2n) is 8.61. The number of carboxylic acid groups (broad SMARTS) is 1. The molecule has 0 radical (unpaired) electrons. The van der Waals surface area contributed by atoms with Crippen LogP contribution in [-0.4, -0.2) is 64.5 Å². The van der Waals surface area contributed by atoms with Crippen molar-refractivity contribution in [1.29, 1.82) is 0 Å². The Kier molecular flexibility index (Phi) is 4.93. The molecule has 3 fully saturated rings. The molecule has 4 rings (SSSR count). The van der Waals surface area contributed by atoms with Gasteiger partial charge in [-0.3, -0.25) is 14.6 Å². The first-order chi connectivity index (χ1) is 13.0. The van der Waals surface area contributed by atoms with Gasteiger partial charge in [-0.25, -0.2) is 0 Å². The fraction of sp³-hybridized carbons (Fsp3) is 0.667. The summed E-state index contributed by atoms with van der Waals surface area (Å²) in [5, 5.41) is 10.0. The van der Waals surface area contributed by atoms with Crippen molar-refractivity contribution in [1.82, 2.24) is 14.8 Å². The Bertz CT molecular complexity index is 731. The van der Waals surface area contributed by atoms with Crippen LogP contribution in [0.15, 0.2) is 18.2 Å². The Morgan fingerprint density at radius 1 is 1.22 bits per heavy atom. The van der Waals surface area contributed by atoms with Gasteiger partial charge < -0.3 is 14.9 Å². The second kappa shape index (κ2) is 7.23. The van der Waals surface area contributed by atoms with Crippen molar-refractivity contribution in [3.63, 3.8) is 0 Å². The minimum Gasteiger partial charge on any atom is -0.481 e. The summed E-state index contributed by atoms with van der Waals surface area (Å²) in [7, 11) is 0. The van der Waals surface area contributed by atoms with Crippen molar-refractivity contribution < 1.29 is 14.7 Å². The van der Waals surface area contributed by atoms with Crippen LogP contribution in [0.25, 0.3) is 0 Å². The zero-order valence-corrected chi connectivity index (χ0v) is 16.1. The number of rotatable bonds is 5. The normalized spacial score (nSPS) is 28.6. The number of carboxylic acids is 1. The van der Waals surface area contributed by atoms with Crippen molar-refractivity contribution >= 4 is 11.9 Å². The van der Waals surface area contributed by atoms with Crippen LogP contribution < -0.4 is 0 Å². The van der Waals surface area contributed by atoms with Gasteiger partial charge in [0.25, 0.3) is 0 Å². The van der Waals surface area contributed by atoms with E-state index in [0.717, 1.165) is 56.6 Å². The fourth-order valence-electron chi connectivity index (χ4n) is 5.25. The van der Waals surface area contributed by atoms with Crippen molar-refractivity contribution in [3.05, 3.63) is 29.6 Å². The number of pyridine rings is 1. The molecule has 1 aromatic heterocycles. The maximum absolute atomic E-state index is 12.8. The van der Waals surface area contributed by atoms with Crippen LogP contribution in [0.1, 0.15) is 37.1 Å². The second-order valence-corrected chi connectivity index (χ2v) is 8.61. The first-order valence-corrected chi connectivity index (χ1v) is 10.1. The monoisotopic (exact) mass is 371 g/mol. The molecule has 3 aliphatic rings. The van der Waals surface area contributed by atoms with E-state index in [1.807, 2.05) is 30.0 Å². The molecule has 3 heterocycles. The first-order valence-electron chi connectivity index (χ1n) is 10.1. The lowest BCUT2D eigenvalue weighted by Crippen LogP contribution is -2.43. The first kappa shape index (κ1) is 18.4. The standard InChI is InChI=1S/C21H29N3O3/c1-15-5-4-8-18(22-15)9-10-23-11-17-12-24(14-21(17,13-23)20(26)27)19(25)16-6-2-3-7-16/h4-5,8,16-17H,2-3,6-7,9-14H2,1H3,(H,26,27). The van der Waals surface area contributed by atoms with Gasteiger partial charge in [0.1, 0.15) is 5.41 Å². The highest BCUT2D eigenvalue weighted by Gasteiger charge is 2.58. The van der Waals surface area contributed by atoms with E-state index >= 15 is 0 Å². The summed E-state index contributed by atoms with van der Waals surface area (Å²) in [6.07, 6.45) is 5.01. The summed E-state index contributed by atoms with van der Waals surface area (Å²) in [5.74, 6) is -0.396. The molecule has 1 aromatic rings. The molecular formula is C21H29N3O3. The molecule has 2 unspecified atom stereocenters. The van der Waals surface area contributed by atoms with E-state index in [-0.39, 0.29) is 17.7 Å². The van der Waals surface area contributed by atoms with Crippen molar-refractivity contribution in [2.24, 2.45) is 17.3 Å². The summed E-state index contributed by atoms with van der Waals surface area (Å²) < 4.78 is 0. The van der Waals surface area contributed by atoms with Gasteiger partial charge in [0.2, 0.25) is 5.91 Å². The summed E-state index contributed by atoms with van der Waals surface area (Å²) in [6.45, 7) is 5.07. The third-order valence-corrected chi connectivity index (χ3v) is 6.75. The van der Waals surface area contributed by atoms with E-state index < -0.39 is 11.4 Å². The van der Waals surface area contributed by atoms with Crippen LogP contribution >= 0.6 is 0 Å². The van der Waals surface area contributed by atoms with Gasteiger partial charge in [0.15, 0.2) is 0 Å². The Morgan fingerprint density at radius 3 is 2.67 bits per heavy atom. The maximum Gasteiger partial charge on any atom is 0.313 e. The number of fused-ring (bicyclic) bond motifs is 1. The smallest absolute Gasteiger partial charge is 0.313 e. The predicted molar refractivity (Wildman–Crippen MR) is 101 cm³/mol. The van der Waals surface area contributed by atoms with Crippen molar-refractivity contribution in [2.75, 3.05) is 32.7 Å². The van der Waals surface area contributed by atoms with Gasteiger partial charge in [-0.15, -0.1) is 0 Å². The van der Waals surface area contributed by atoms with Crippen LogP contribution in [0.5, 0.6) is 0 Å². The molecule has 2 saturated heterocycles. The highest BCUT2D eigenvalue weighted by Crippen LogP contribution is 2.44. The summed E-state index contributed by atoms with van der Waals surface area (Å²) in [6, 6.07) is 6.03. The number of likely N-dealkylation sites (tertiary alicyclic amines) is 2. The molecule has 146 valence electrons. The number of carbonyl (C=O) groups excluding carboxylic acids is 1. The van der Waals surface area contributed by atoms with Crippen LogP contribution in [-0.2, 0) is 16.0 Å². The quantitative estimate of drug-likeness (QED) is 0.857. The molecule has 2 atom stereocenters. The summed E-state index contributed by atoms with van der Waals surface area (Å²) in [5.41, 5.74) is 1.26. The van der Waals surface area contributed by atoms with Crippen LogP contribution in [0.4, 0.5) is 0 Å². The third-order valence-electron chi connectivity index (χ3n) is 6.75. The predicted octanol–water partition coefficient (Wildman–Crippen LogP) is 1.97. The summed E-state index contributed by atoms with van der Waals surface area (Å²) in [4.78, 5) is 33.6. The Balaban J connectivity index is 1.40. The average Bonchev–Trinajstić information content (AvgIpc) is 3.34. The SMILES string of the molecule is Cc1cccc(CCN2CC3CN(C(=O)C4CCCC4)CC3(C(=O)O)C2)n1. The minimum atomic E-state index is -0.797. The average molecular weight is 371 g/mol. The van der Waals surface area contributed by atoms with E-state index in [4.69, 9.17) is 0 Å². The van der Waals surface area contributed by atoms with Crippen LogP contribution in [0, 0.1) is 24.2 Å². The highest BCUT2D eigenvalue weighted by molar-refractivity contribution is 5.83. The van der Waals surface area contributed by atoms with Gasteiger partial charge in [0.05, 0.1) is 0 Å². The number of amides is 1. The zero-order valence-electron chi connectivity index (χ0n) is 16.1. The van der Waals surface area contributed by atoms with E-state index in [2.05, 4.69) is 9.88 Å². The van der Waals surface area contributed by atoms with E-state index in [1.165, 1.54) is 0 Å². The number of carbonyl (C=O) groups is 2. The van der Waals surface area contributed by atoms with E-state index in [0.29, 0.717) is 19.6 Å². The van der Waals surface area contributed by atoms with Gasteiger partial charge in [-0.1, -0.05) is 18.9 Å². The molecule has 6 nitrogen and oxygen atoms in total. The molecule has 0 bridgehead atoms. The van der Waals surface area contributed by atoms with E-state index in [1.54, 1.807) is 0 Å². The molecule has 2 aliphatic heterocycles.